The molecule has 0 unspecified atom stereocenters. The summed E-state index contributed by atoms with van der Waals surface area (Å²) in [5, 5.41) is 5.66. The lowest BCUT2D eigenvalue weighted by Crippen LogP contribution is -2.29. The Hall–Kier alpha value is -3.16. The number of benzene rings is 1. The van der Waals surface area contributed by atoms with Crippen LogP contribution in [-0.4, -0.2) is 21.8 Å². The fourth-order valence-corrected chi connectivity index (χ4v) is 2.75. The molecule has 1 saturated carbocycles. The fraction of sp³-hybridized carbons (Fsp3) is 0.368. The predicted octanol–water partition coefficient (Wildman–Crippen LogP) is 0.969. The Labute approximate surface area is 155 Å². The Morgan fingerprint density at radius 3 is 2.44 bits per heavy atom. The van der Waals surface area contributed by atoms with Gasteiger partial charge < -0.3 is 15.6 Å². The first-order valence-electron chi connectivity index (χ1n) is 8.91. The van der Waals surface area contributed by atoms with E-state index >= 15 is 0 Å². The van der Waals surface area contributed by atoms with E-state index in [-0.39, 0.29) is 30.6 Å². The van der Waals surface area contributed by atoms with Crippen molar-refractivity contribution in [3.8, 4) is 0 Å². The maximum Gasteiger partial charge on any atom is 0.325 e. The van der Waals surface area contributed by atoms with Gasteiger partial charge in [-0.3, -0.25) is 19.4 Å². The van der Waals surface area contributed by atoms with Crippen molar-refractivity contribution in [2.45, 2.75) is 39.2 Å². The average Bonchev–Trinajstić information content (AvgIpc) is 3.45. The highest BCUT2D eigenvalue weighted by atomic mass is 16.2. The fourth-order valence-electron chi connectivity index (χ4n) is 2.75. The van der Waals surface area contributed by atoms with Crippen LogP contribution in [0.5, 0.6) is 0 Å². The topological polar surface area (TPSA) is 124 Å². The summed E-state index contributed by atoms with van der Waals surface area (Å²) in [6.07, 6.45) is 2.31. The summed E-state index contributed by atoms with van der Waals surface area (Å²) in [7, 11) is 0. The highest BCUT2D eigenvalue weighted by Gasteiger charge is 2.29. The molecule has 2 aromatic rings. The Kier molecular flexibility index (Phi) is 5.54. The molecule has 0 atom stereocenters. The van der Waals surface area contributed by atoms with Gasteiger partial charge in [0.1, 0.15) is 0 Å². The number of nitrogens with one attached hydrogen (secondary N) is 4. The van der Waals surface area contributed by atoms with Gasteiger partial charge >= 0.3 is 5.69 Å². The molecule has 1 aromatic carbocycles. The molecule has 8 heteroatoms. The van der Waals surface area contributed by atoms with E-state index in [0.29, 0.717) is 17.8 Å². The largest absolute Gasteiger partial charge is 0.352 e. The molecule has 1 aliphatic carbocycles. The minimum atomic E-state index is -0.553. The second kappa shape index (κ2) is 8.03. The number of H-pyrrole nitrogens is 2. The van der Waals surface area contributed by atoms with Crippen LogP contribution >= 0.6 is 0 Å². The number of aromatic amines is 2. The molecule has 0 aliphatic heterocycles. The Balaban J connectivity index is 1.47. The molecule has 1 aromatic heterocycles. The lowest BCUT2D eigenvalue weighted by atomic mass is 10.1. The number of carbonyl (C=O) groups excluding carboxylic acids is 2. The van der Waals surface area contributed by atoms with Gasteiger partial charge in [0.15, 0.2) is 0 Å². The molecular formula is C19H22N4O4. The van der Waals surface area contributed by atoms with Crippen molar-refractivity contribution in [1.29, 1.82) is 0 Å². The number of rotatable bonds is 7. The Morgan fingerprint density at radius 2 is 1.81 bits per heavy atom. The second-order valence-corrected chi connectivity index (χ2v) is 6.75. The molecular weight excluding hydrogens is 348 g/mol. The second-order valence-electron chi connectivity index (χ2n) is 6.75. The SMILES string of the molecule is Cc1[nH]c(=O)[nH]c(=O)c1CCC(=O)NCc1ccc(NC(=O)C2CC2)cc1. The molecule has 8 nitrogen and oxygen atoms in total. The maximum atomic E-state index is 12.0. The Morgan fingerprint density at radius 1 is 1.11 bits per heavy atom. The van der Waals surface area contributed by atoms with Crippen molar-refractivity contribution >= 4 is 17.5 Å². The summed E-state index contributed by atoms with van der Waals surface area (Å²) in [5.41, 5.74) is 1.51. The van der Waals surface area contributed by atoms with Gasteiger partial charge in [0.05, 0.1) is 0 Å². The van der Waals surface area contributed by atoms with E-state index in [1.165, 1.54) is 0 Å². The molecule has 27 heavy (non-hydrogen) atoms. The molecule has 4 N–H and O–H groups in total. The first-order chi connectivity index (χ1) is 12.9. The first kappa shape index (κ1) is 18.6. The van der Waals surface area contributed by atoms with Crippen molar-refractivity contribution in [3.05, 3.63) is 61.9 Å². The molecule has 1 fully saturated rings. The predicted molar refractivity (Wildman–Crippen MR) is 100 cm³/mol. The average molecular weight is 370 g/mol. The van der Waals surface area contributed by atoms with Gasteiger partial charge in [-0.1, -0.05) is 12.1 Å². The van der Waals surface area contributed by atoms with Crippen LogP contribution in [0.4, 0.5) is 5.69 Å². The van der Waals surface area contributed by atoms with Crippen LogP contribution in [0, 0.1) is 12.8 Å². The third-order valence-corrected chi connectivity index (χ3v) is 4.52. The lowest BCUT2D eigenvalue weighted by Gasteiger charge is -2.08. The van der Waals surface area contributed by atoms with Crippen molar-refractivity contribution < 1.29 is 9.59 Å². The molecule has 0 saturated heterocycles. The number of anilines is 1. The first-order valence-corrected chi connectivity index (χ1v) is 8.91. The van der Waals surface area contributed by atoms with Gasteiger partial charge in [0.25, 0.3) is 5.56 Å². The van der Waals surface area contributed by atoms with Crippen molar-refractivity contribution in [3.63, 3.8) is 0 Å². The summed E-state index contributed by atoms with van der Waals surface area (Å²) in [4.78, 5) is 51.4. The van der Waals surface area contributed by atoms with E-state index in [4.69, 9.17) is 0 Å². The quantitative estimate of drug-likeness (QED) is 0.580. The highest BCUT2D eigenvalue weighted by molar-refractivity contribution is 5.94. The van der Waals surface area contributed by atoms with Crippen LogP contribution in [0.2, 0.25) is 0 Å². The highest BCUT2D eigenvalue weighted by Crippen LogP contribution is 2.30. The van der Waals surface area contributed by atoms with Crippen LogP contribution in [0.3, 0.4) is 0 Å². The number of amides is 2. The summed E-state index contributed by atoms with van der Waals surface area (Å²) < 4.78 is 0. The molecule has 1 heterocycles. The van der Waals surface area contributed by atoms with Crippen LogP contribution in [-0.2, 0) is 22.6 Å². The van der Waals surface area contributed by atoms with E-state index in [2.05, 4.69) is 20.6 Å². The zero-order valence-corrected chi connectivity index (χ0v) is 15.1. The standard InChI is InChI=1S/C19H22N4O4/c1-11-15(18(26)23-19(27)21-11)8-9-16(24)20-10-12-2-6-14(7-3-12)22-17(25)13-4-5-13/h2-3,6-7,13H,4-5,8-10H2,1H3,(H,20,24)(H,22,25)(H2,21,23,26,27). The van der Waals surface area contributed by atoms with Gasteiger partial charge in [-0.05, 0) is 43.9 Å². The summed E-state index contributed by atoms with van der Waals surface area (Å²) >= 11 is 0. The zero-order chi connectivity index (χ0) is 19.4. The zero-order valence-electron chi connectivity index (χ0n) is 15.1. The third-order valence-electron chi connectivity index (χ3n) is 4.52. The lowest BCUT2D eigenvalue weighted by molar-refractivity contribution is -0.121. The van der Waals surface area contributed by atoms with E-state index in [0.717, 1.165) is 24.1 Å². The number of hydrogen-bond donors (Lipinski definition) is 4. The van der Waals surface area contributed by atoms with E-state index in [1.807, 2.05) is 24.3 Å². The number of aromatic nitrogens is 2. The van der Waals surface area contributed by atoms with Crippen LogP contribution in [0.1, 0.15) is 36.1 Å². The molecule has 0 spiro atoms. The van der Waals surface area contributed by atoms with Gasteiger partial charge in [0.2, 0.25) is 11.8 Å². The number of aryl methyl sites for hydroxylation is 1. The molecule has 2 amide bonds. The summed E-state index contributed by atoms with van der Waals surface area (Å²) in [6, 6.07) is 7.31. The minimum Gasteiger partial charge on any atom is -0.352 e. The summed E-state index contributed by atoms with van der Waals surface area (Å²) in [5.74, 6) is 0.0250. The maximum absolute atomic E-state index is 12.0. The van der Waals surface area contributed by atoms with Crippen LogP contribution in [0.25, 0.3) is 0 Å². The van der Waals surface area contributed by atoms with Gasteiger partial charge in [-0.2, -0.15) is 0 Å². The van der Waals surface area contributed by atoms with Crippen molar-refractivity contribution in [2.24, 2.45) is 5.92 Å². The Bertz CT molecular complexity index is 955. The summed E-state index contributed by atoms with van der Waals surface area (Å²) in [6.45, 7) is 1.99. The van der Waals surface area contributed by atoms with Crippen molar-refractivity contribution in [1.82, 2.24) is 15.3 Å². The molecule has 0 bridgehead atoms. The monoisotopic (exact) mass is 370 g/mol. The van der Waals surface area contributed by atoms with Gasteiger partial charge in [-0.15, -0.1) is 0 Å². The van der Waals surface area contributed by atoms with E-state index < -0.39 is 11.2 Å². The number of hydrogen-bond acceptors (Lipinski definition) is 4. The van der Waals surface area contributed by atoms with Crippen molar-refractivity contribution in [2.75, 3.05) is 5.32 Å². The van der Waals surface area contributed by atoms with E-state index in [9.17, 15) is 19.2 Å². The minimum absolute atomic E-state index is 0.0589. The molecule has 0 radical (unpaired) electrons. The third kappa shape index (κ3) is 5.16. The molecule has 142 valence electrons. The number of carbonyl (C=O) groups is 2. The molecule has 1 aliphatic rings. The normalized spacial score (nSPS) is 13.2. The van der Waals surface area contributed by atoms with Gasteiger partial charge in [-0.25, -0.2) is 4.79 Å². The van der Waals surface area contributed by atoms with Crippen LogP contribution in [0.15, 0.2) is 33.9 Å². The van der Waals surface area contributed by atoms with E-state index in [1.54, 1.807) is 6.92 Å². The molecule has 3 rings (SSSR count). The van der Waals surface area contributed by atoms with Gasteiger partial charge in [0, 0.05) is 35.8 Å². The van der Waals surface area contributed by atoms with Crippen LogP contribution < -0.4 is 21.9 Å². The smallest absolute Gasteiger partial charge is 0.325 e.